The molecule has 1 aliphatic heterocycles. The normalized spacial score (nSPS) is 17.4. The van der Waals surface area contributed by atoms with Crippen LogP contribution < -0.4 is 10.5 Å². The molecule has 1 aromatic carbocycles. The molecule has 0 unspecified atom stereocenters. The summed E-state index contributed by atoms with van der Waals surface area (Å²) in [6.07, 6.45) is 0. The van der Waals surface area contributed by atoms with Crippen molar-refractivity contribution in [2.45, 2.75) is 11.4 Å². The van der Waals surface area contributed by atoms with Gasteiger partial charge in [-0.1, -0.05) is 6.07 Å². The predicted molar refractivity (Wildman–Crippen MR) is 70.5 cm³/mol. The number of morpholine rings is 1. The van der Waals surface area contributed by atoms with Gasteiger partial charge in [-0.15, -0.1) is 0 Å². The van der Waals surface area contributed by atoms with Crippen LogP contribution in [0.1, 0.15) is 5.56 Å². The second kappa shape index (κ2) is 5.87. The van der Waals surface area contributed by atoms with Crippen molar-refractivity contribution in [1.29, 1.82) is 0 Å². The Morgan fingerprint density at radius 1 is 1.37 bits per heavy atom. The Labute approximate surface area is 113 Å². The van der Waals surface area contributed by atoms with Crippen LogP contribution in [0, 0.1) is 0 Å². The summed E-state index contributed by atoms with van der Waals surface area (Å²) >= 11 is 0. The fraction of sp³-hybridized carbons (Fsp3) is 0.500. The SMILES string of the molecule is COc1cc(CN)ccc1S(=O)(=O)N1CCOCC1. The zero-order valence-electron chi connectivity index (χ0n) is 10.8. The molecule has 1 aromatic rings. The second-order valence-electron chi connectivity index (χ2n) is 4.21. The zero-order valence-corrected chi connectivity index (χ0v) is 11.6. The molecular formula is C12H18N2O4S. The van der Waals surface area contributed by atoms with Crippen molar-refractivity contribution < 1.29 is 17.9 Å². The van der Waals surface area contributed by atoms with E-state index in [9.17, 15) is 8.42 Å². The van der Waals surface area contributed by atoms with Gasteiger partial charge in [-0.05, 0) is 17.7 Å². The van der Waals surface area contributed by atoms with Gasteiger partial charge in [-0.3, -0.25) is 0 Å². The fourth-order valence-corrected chi connectivity index (χ4v) is 3.52. The van der Waals surface area contributed by atoms with E-state index in [2.05, 4.69) is 0 Å². The van der Waals surface area contributed by atoms with Crippen LogP contribution in [0.25, 0.3) is 0 Å². The molecule has 7 heteroatoms. The monoisotopic (exact) mass is 286 g/mol. The molecule has 0 atom stereocenters. The quantitative estimate of drug-likeness (QED) is 0.853. The Kier molecular flexibility index (Phi) is 4.41. The van der Waals surface area contributed by atoms with E-state index in [4.69, 9.17) is 15.2 Å². The molecule has 19 heavy (non-hydrogen) atoms. The summed E-state index contributed by atoms with van der Waals surface area (Å²) in [6, 6.07) is 4.91. The van der Waals surface area contributed by atoms with Crippen LogP contribution in [0.3, 0.4) is 0 Å². The van der Waals surface area contributed by atoms with Crippen LogP contribution in [0.4, 0.5) is 0 Å². The van der Waals surface area contributed by atoms with E-state index in [0.29, 0.717) is 38.6 Å². The van der Waals surface area contributed by atoms with Crippen molar-refractivity contribution in [3.63, 3.8) is 0 Å². The maximum absolute atomic E-state index is 12.5. The van der Waals surface area contributed by atoms with Crippen molar-refractivity contribution in [1.82, 2.24) is 4.31 Å². The summed E-state index contributed by atoms with van der Waals surface area (Å²) in [5.74, 6) is 0.328. The van der Waals surface area contributed by atoms with Crippen LogP contribution in [-0.4, -0.2) is 46.1 Å². The lowest BCUT2D eigenvalue weighted by Gasteiger charge is -2.26. The molecule has 2 rings (SSSR count). The van der Waals surface area contributed by atoms with Gasteiger partial charge < -0.3 is 15.2 Å². The van der Waals surface area contributed by atoms with E-state index in [1.165, 1.54) is 11.4 Å². The average Bonchev–Trinajstić information content (AvgIpc) is 2.47. The van der Waals surface area contributed by atoms with E-state index >= 15 is 0 Å². The molecule has 2 N–H and O–H groups in total. The minimum absolute atomic E-state index is 0.175. The number of sulfonamides is 1. The first-order chi connectivity index (χ1) is 9.09. The molecule has 0 amide bonds. The van der Waals surface area contributed by atoms with Gasteiger partial charge in [0.1, 0.15) is 10.6 Å². The van der Waals surface area contributed by atoms with Crippen LogP contribution >= 0.6 is 0 Å². The van der Waals surface area contributed by atoms with E-state index in [-0.39, 0.29) is 4.90 Å². The first-order valence-corrected chi connectivity index (χ1v) is 7.48. The molecule has 0 aliphatic carbocycles. The van der Waals surface area contributed by atoms with Gasteiger partial charge in [0.15, 0.2) is 0 Å². The number of benzene rings is 1. The van der Waals surface area contributed by atoms with Crippen LogP contribution in [0.15, 0.2) is 23.1 Å². The predicted octanol–water partition coefficient (Wildman–Crippen LogP) is 0.175. The van der Waals surface area contributed by atoms with Crippen molar-refractivity contribution in [3.8, 4) is 5.75 Å². The van der Waals surface area contributed by atoms with Crippen LogP contribution in [0.5, 0.6) is 5.75 Å². The highest BCUT2D eigenvalue weighted by Crippen LogP contribution is 2.28. The average molecular weight is 286 g/mol. The Bertz CT molecular complexity index is 539. The smallest absolute Gasteiger partial charge is 0.246 e. The van der Waals surface area contributed by atoms with Crippen LogP contribution in [-0.2, 0) is 21.3 Å². The van der Waals surface area contributed by atoms with E-state index < -0.39 is 10.0 Å². The summed E-state index contributed by atoms with van der Waals surface area (Å²) < 4.78 is 36.8. The fourth-order valence-electron chi connectivity index (χ4n) is 1.98. The third-order valence-corrected chi connectivity index (χ3v) is 4.99. The van der Waals surface area contributed by atoms with Gasteiger partial charge in [0.2, 0.25) is 10.0 Å². The van der Waals surface area contributed by atoms with Crippen molar-refractivity contribution in [2.24, 2.45) is 5.73 Å². The number of nitrogens with zero attached hydrogens (tertiary/aromatic N) is 1. The lowest BCUT2D eigenvalue weighted by atomic mass is 10.2. The Hall–Kier alpha value is -1.15. The molecule has 1 heterocycles. The first-order valence-electron chi connectivity index (χ1n) is 6.04. The molecule has 1 aliphatic rings. The molecule has 1 fully saturated rings. The van der Waals surface area contributed by atoms with E-state index in [1.54, 1.807) is 18.2 Å². The maximum atomic E-state index is 12.5. The number of methoxy groups -OCH3 is 1. The number of hydrogen-bond donors (Lipinski definition) is 1. The highest BCUT2D eigenvalue weighted by Gasteiger charge is 2.29. The van der Waals surface area contributed by atoms with Crippen LogP contribution in [0.2, 0.25) is 0 Å². The summed E-state index contributed by atoms with van der Waals surface area (Å²) in [5, 5.41) is 0. The number of rotatable bonds is 4. The van der Waals surface area contributed by atoms with E-state index in [1.807, 2.05) is 0 Å². The van der Waals surface area contributed by atoms with Gasteiger partial charge in [-0.25, -0.2) is 8.42 Å². The Balaban J connectivity index is 2.39. The summed E-state index contributed by atoms with van der Waals surface area (Å²) in [7, 11) is -2.09. The summed E-state index contributed by atoms with van der Waals surface area (Å²) in [6.45, 7) is 1.91. The lowest BCUT2D eigenvalue weighted by Crippen LogP contribution is -2.40. The molecule has 0 saturated carbocycles. The molecule has 0 radical (unpaired) electrons. The minimum Gasteiger partial charge on any atom is -0.495 e. The van der Waals surface area contributed by atoms with Crippen molar-refractivity contribution >= 4 is 10.0 Å². The van der Waals surface area contributed by atoms with Crippen molar-refractivity contribution in [3.05, 3.63) is 23.8 Å². The van der Waals surface area contributed by atoms with Gasteiger partial charge in [-0.2, -0.15) is 4.31 Å². The molecule has 0 bridgehead atoms. The van der Waals surface area contributed by atoms with Gasteiger partial charge in [0.25, 0.3) is 0 Å². The molecule has 6 nitrogen and oxygen atoms in total. The topological polar surface area (TPSA) is 81.9 Å². The highest BCUT2D eigenvalue weighted by atomic mass is 32.2. The van der Waals surface area contributed by atoms with Gasteiger partial charge >= 0.3 is 0 Å². The van der Waals surface area contributed by atoms with E-state index in [0.717, 1.165) is 5.56 Å². The lowest BCUT2D eigenvalue weighted by molar-refractivity contribution is 0.0729. The standard InChI is InChI=1S/C12H18N2O4S/c1-17-11-8-10(9-13)2-3-12(11)19(15,16)14-4-6-18-7-5-14/h2-3,8H,4-7,9,13H2,1H3. The number of hydrogen-bond acceptors (Lipinski definition) is 5. The molecular weight excluding hydrogens is 268 g/mol. The Morgan fingerprint density at radius 3 is 2.63 bits per heavy atom. The third kappa shape index (κ3) is 2.89. The zero-order chi connectivity index (χ0) is 13.9. The Morgan fingerprint density at radius 2 is 2.05 bits per heavy atom. The highest BCUT2D eigenvalue weighted by molar-refractivity contribution is 7.89. The molecule has 106 valence electrons. The third-order valence-electron chi connectivity index (χ3n) is 3.05. The minimum atomic E-state index is -3.54. The summed E-state index contributed by atoms with van der Waals surface area (Å²) in [4.78, 5) is 0.175. The van der Waals surface area contributed by atoms with Gasteiger partial charge in [0.05, 0.1) is 20.3 Å². The van der Waals surface area contributed by atoms with Crippen molar-refractivity contribution in [2.75, 3.05) is 33.4 Å². The van der Waals surface area contributed by atoms with Gasteiger partial charge in [0, 0.05) is 19.6 Å². The first kappa shape index (κ1) is 14.3. The largest absolute Gasteiger partial charge is 0.495 e. The molecule has 0 spiro atoms. The second-order valence-corrected chi connectivity index (χ2v) is 6.11. The molecule has 1 saturated heterocycles. The number of nitrogens with two attached hydrogens (primary N) is 1. The summed E-state index contributed by atoms with van der Waals surface area (Å²) in [5.41, 5.74) is 6.37. The molecule has 0 aromatic heterocycles. The number of ether oxygens (including phenoxy) is 2. The maximum Gasteiger partial charge on any atom is 0.246 e.